The number of aryl methyl sites for hydroxylation is 1. The maximum Gasteiger partial charge on any atom is 0.276 e. The summed E-state index contributed by atoms with van der Waals surface area (Å²) in [5.74, 6) is 1.19. The molecule has 0 radical (unpaired) electrons. The molecule has 2 aliphatic heterocycles. The van der Waals surface area contributed by atoms with Crippen molar-refractivity contribution in [3.8, 4) is 0 Å². The van der Waals surface area contributed by atoms with Crippen molar-refractivity contribution in [1.82, 2.24) is 24.9 Å². The van der Waals surface area contributed by atoms with E-state index in [4.69, 9.17) is 4.52 Å². The van der Waals surface area contributed by atoms with Crippen LogP contribution in [-0.2, 0) is 17.6 Å². The zero-order chi connectivity index (χ0) is 18.8. The second-order valence-electron chi connectivity index (χ2n) is 7.35. The van der Waals surface area contributed by atoms with Crippen LogP contribution in [-0.4, -0.2) is 62.4 Å². The van der Waals surface area contributed by atoms with Crippen LogP contribution in [0.4, 0.5) is 0 Å². The molecule has 0 bridgehead atoms. The molecule has 2 aliphatic rings. The zero-order valence-electron chi connectivity index (χ0n) is 15.6. The highest BCUT2D eigenvalue weighted by atomic mass is 16.5. The fraction of sp³-hybridized carbons (Fsp3) is 0.579. The molecule has 0 aliphatic carbocycles. The monoisotopic (exact) mass is 371 g/mol. The van der Waals surface area contributed by atoms with E-state index in [1.807, 2.05) is 16.7 Å². The highest BCUT2D eigenvalue weighted by Crippen LogP contribution is 2.32. The van der Waals surface area contributed by atoms with Gasteiger partial charge in [0, 0.05) is 62.9 Å². The van der Waals surface area contributed by atoms with Gasteiger partial charge >= 0.3 is 0 Å². The van der Waals surface area contributed by atoms with Crippen LogP contribution in [0.25, 0.3) is 0 Å². The van der Waals surface area contributed by atoms with Crippen LogP contribution in [0.15, 0.2) is 23.1 Å². The van der Waals surface area contributed by atoms with Crippen molar-refractivity contribution in [2.45, 2.75) is 45.1 Å². The molecule has 0 aromatic carbocycles. The molecular formula is C19H25N5O3. The highest BCUT2D eigenvalue weighted by molar-refractivity contribution is 5.92. The zero-order valence-corrected chi connectivity index (χ0v) is 15.6. The van der Waals surface area contributed by atoms with Gasteiger partial charge in [-0.05, 0) is 18.8 Å². The van der Waals surface area contributed by atoms with E-state index in [0.29, 0.717) is 37.7 Å². The molecule has 2 fully saturated rings. The van der Waals surface area contributed by atoms with Gasteiger partial charge in [-0.2, -0.15) is 0 Å². The Morgan fingerprint density at radius 1 is 1.41 bits per heavy atom. The topological polar surface area (TPSA) is 95.3 Å². The third-order valence-corrected chi connectivity index (χ3v) is 5.73. The van der Waals surface area contributed by atoms with Crippen LogP contribution in [0.5, 0.6) is 0 Å². The number of piperidine rings is 2. The number of hydrogen-bond donors (Lipinski definition) is 1. The number of carbonyl (C=O) groups excluding carboxylic acids is 2. The fourth-order valence-electron chi connectivity index (χ4n) is 4.23. The fourth-order valence-corrected chi connectivity index (χ4v) is 4.23. The summed E-state index contributed by atoms with van der Waals surface area (Å²) >= 11 is 0. The van der Waals surface area contributed by atoms with Gasteiger partial charge in [-0.25, -0.2) is 4.98 Å². The molecule has 2 saturated heterocycles. The van der Waals surface area contributed by atoms with Crippen LogP contribution in [0.3, 0.4) is 0 Å². The third-order valence-electron chi connectivity index (χ3n) is 5.73. The van der Waals surface area contributed by atoms with Crippen molar-refractivity contribution >= 4 is 11.8 Å². The van der Waals surface area contributed by atoms with Crippen molar-refractivity contribution < 1.29 is 14.1 Å². The molecule has 144 valence electrons. The van der Waals surface area contributed by atoms with Gasteiger partial charge in [0.2, 0.25) is 5.91 Å². The number of aromatic amines is 1. The van der Waals surface area contributed by atoms with E-state index < -0.39 is 0 Å². The number of nitrogens with one attached hydrogen (secondary N) is 1. The molecule has 4 heterocycles. The number of carbonyl (C=O) groups is 2. The Morgan fingerprint density at radius 2 is 2.30 bits per heavy atom. The normalized spacial score (nSPS) is 22.8. The summed E-state index contributed by atoms with van der Waals surface area (Å²) in [5.41, 5.74) is 1.42. The lowest BCUT2D eigenvalue weighted by Crippen LogP contribution is -2.57. The second-order valence-corrected chi connectivity index (χ2v) is 7.35. The van der Waals surface area contributed by atoms with E-state index in [0.717, 1.165) is 37.1 Å². The van der Waals surface area contributed by atoms with Gasteiger partial charge in [0.25, 0.3) is 5.91 Å². The number of rotatable bonds is 5. The summed E-state index contributed by atoms with van der Waals surface area (Å²) < 4.78 is 5.17. The van der Waals surface area contributed by atoms with Gasteiger partial charge in [-0.3, -0.25) is 9.59 Å². The molecule has 2 aromatic rings. The number of aromatic nitrogens is 3. The van der Waals surface area contributed by atoms with Crippen molar-refractivity contribution in [3.63, 3.8) is 0 Å². The Kier molecular flexibility index (Phi) is 4.96. The van der Waals surface area contributed by atoms with E-state index in [9.17, 15) is 9.59 Å². The first-order chi connectivity index (χ1) is 13.2. The Labute approximate surface area is 157 Å². The van der Waals surface area contributed by atoms with E-state index in [-0.39, 0.29) is 17.9 Å². The summed E-state index contributed by atoms with van der Waals surface area (Å²) in [4.78, 5) is 36.2. The predicted octanol–water partition coefficient (Wildman–Crippen LogP) is 1.66. The van der Waals surface area contributed by atoms with E-state index >= 15 is 0 Å². The minimum Gasteiger partial charge on any atom is -0.361 e. The number of nitrogens with zero attached hydrogens (tertiary/aromatic N) is 4. The molecule has 4 rings (SSSR count). The summed E-state index contributed by atoms with van der Waals surface area (Å²) in [7, 11) is 0. The molecule has 2 aromatic heterocycles. The highest BCUT2D eigenvalue weighted by Gasteiger charge is 2.40. The average Bonchev–Trinajstić information content (AvgIpc) is 3.38. The molecule has 27 heavy (non-hydrogen) atoms. The first-order valence-electron chi connectivity index (χ1n) is 9.67. The molecule has 1 N–H and O–H groups in total. The largest absolute Gasteiger partial charge is 0.361 e. The van der Waals surface area contributed by atoms with Crippen molar-refractivity contribution in [2.75, 3.05) is 19.6 Å². The summed E-state index contributed by atoms with van der Waals surface area (Å²) in [6.45, 7) is 3.98. The Balaban J connectivity index is 1.40. The molecule has 8 nitrogen and oxygen atoms in total. The Morgan fingerprint density at radius 3 is 3.04 bits per heavy atom. The molecular weight excluding hydrogens is 346 g/mol. The van der Waals surface area contributed by atoms with Crippen molar-refractivity contribution in [2.24, 2.45) is 5.92 Å². The van der Waals surface area contributed by atoms with E-state index in [2.05, 4.69) is 15.1 Å². The minimum atomic E-state index is -0.0715. The lowest BCUT2D eigenvalue weighted by Gasteiger charge is -2.47. The predicted molar refractivity (Wildman–Crippen MR) is 96.9 cm³/mol. The summed E-state index contributed by atoms with van der Waals surface area (Å²) in [6.07, 6.45) is 7.16. The van der Waals surface area contributed by atoms with Crippen molar-refractivity contribution in [3.05, 3.63) is 35.7 Å². The van der Waals surface area contributed by atoms with Crippen molar-refractivity contribution in [1.29, 1.82) is 0 Å². The average molecular weight is 371 g/mol. The summed E-state index contributed by atoms with van der Waals surface area (Å²) in [5, 5.41) is 3.91. The van der Waals surface area contributed by atoms with Crippen LogP contribution >= 0.6 is 0 Å². The number of H-pyrrole nitrogens is 1. The van der Waals surface area contributed by atoms with Gasteiger partial charge in [0.15, 0.2) is 5.69 Å². The summed E-state index contributed by atoms with van der Waals surface area (Å²) in [6, 6.07) is 1.94. The van der Waals surface area contributed by atoms with Gasteiger partial charge in [-0.15, -0.1) is 0 Å². The molecule has 0 unspecified atom stereocenters. The third kappa shape index (κ3) is 3.61. The Bertz CT molecular complexity index is 800. The van der Waals surface area contributed by atoms with Crippen LogP contribution < -0.4 is 0 Å². The Hall–Kier alpha value is -2.64. The number of fused-ring (bicyclic) bond motifs is 1. The van der Waals surface area contributed by atoms with Crippen LogP contribution in [0.1, 0.15) is 48.1 Å². The molecule has 2 amide bonds. The first kappa shape index (κ1) is 17.8. The number of amides is 2. The molecule has 0 spiro atoms. The molecule has 2 atom stereocenters. The van der Waals surface area contributed by atoms with E-state index in [1.54, 1.807) is 18.6 Å². The lowest BCUT2D eigenvalue weighted by molar-refractivity contribution is -0.140. The number of hydrogen-bond acceptors (Lipinski definition) is 5. The quantitative estimate of drug-likeness (QED) is 0.862. The number of likely N-dealkylation sites (tertiary alicyclic amines) is 2. The van der Waals surface area contributed by atoms with Gasteiger partial charge < -0.3 is 19.3 Å². The standard InChI is InChI=1S/C19H25N5O3/c1-2-15-9-16(22-27-15)19(26)23-7-6-17-13(11-23)3-4-18(25)24(17)8-5-14-10-20-12-21-14/h9-10,12-13,17H,2-8,11H2,1H3,(H,20,21)/t13-,17+/m0/s1. The van der Waals surface area contributed by atoms with Gasteiger partial charge in [0.05, 0.1) is 6.33 Å². The SMILES string of the molecule is CCc1cc(C(=O)N2CC[C@@H]3[C@@H](CCC(=O)N3CCc3cnc[nH]3)C2)no1. The molecule has 8 heteroatoms. The maximum atomic E-state index is 12.7. The minimum absolute atomic E-state index is 0.0715. The van der Waals surface area contributed by atoms with Gasteiger partial charge in [0.1, 0.15) is 5.76 Å². The lowest BCUT2D eigenvalue weighted by atomic mass is 9.83. The first-order valence-corrected chi connectivity index (χ1v) is 9.67. The smallest absolute Gasteiger partial charge is 0.276 e. The molecule has 0 saturated carbocycles. The van der Waals surface area contributed by atoms with E-state index in [1.165, 1.54) is 0 Å². The van der Waals surface area contributed by atoms with Gasteiger partial charge in [-0.1, -0.05) is 12.1 Å². The second kappa shape index (κ2) is 7.54. The van der Waals surface area contributed by atoms with Crippen LogP contribution in [0, 0.1) is 5.92 Å². The maximum absolute atomic E-state index is 12.7. The number of imidazole rings is 1. The van der Waals surface area contributed by atoms with Crippen LogP contribution in [0.2, 0.25) is 0 Å².